The lowest BCUT2D eigenvalue weighted by atomic mass is 9.99. The van der Waals surface area contributed by atoms with Crippen LogP contribution in [-0.4, -0.2) is 63.9 Å². The maximum absolute atomic E-state index is 12.8. The van der Waals surface area contributed by atoms with Crippen molar-refractivity contribution in [1.82, 2.24) is 14.9 Å². The highest BCUT2D eigenvalue weighted by atomic mass is 35.5. The van der Waals surface area contributed by atoms with Crippen molar-refractivity contribution in [3.63, 3.8) is 0 Å². The molecule has 0 aliphatic carbocycles. The van der Waals surface area contributed by atoms with Crippen LogP contribution >= 0.6 is 29.6 Å². The molecule has 1 aromatic carbocycles. The van der Waals surface area contributed by atoms with Crippen molar-refractivity contribution in [2.24, 2.45) is 0 Å². The third-order valence-corrected chi connectivity index (χ3v) is 6.48. The van der Waals surface area contributed by atoms with E-state index in [2.05, 4.69) is 42.7 Å². The molecule has 3 rings (SSSR count). The summed E-state index contributed by atoms with van der Waals surface area (Å²) >= 11 is 6.35. The van der Waals surface area contributed by atoms with Gasteiger partial charge in [-0.15, -0.1) is 6.42 Å². The molecule has 0 fully saturated rings. The third-order valence-electron chi connectivity index (χ3n) is 5.22. The number of nitrogens with zero attached hydrogens (tertiary/aromatic N) is 3. The Morgan fingerprint density at radius 3 is 2.74 bits per heavy atom. The zero-order chi connectivity index (χ0) is 27.9. The number of halogens is 2. The molecule has 1 aliphatic rings. The molecule has 2 N–H and O–H groups in total. The van der Waals surface area contributed by atoms with Crippen LogP contribution in [0, 0.1) is 12.3 Å². The Bertz CT molecular complexity index is 1390. The van der Waals surface area contributed by atoms with Gasteiger partial charge in [-0.3, -0.25) is 0 Å². The van der Waals surface area contributed by atoms with Crippen molar-refractivity contribution >= 4 is 57.6 Å². The second-order valence-corrected chi connectivity index (χ2v) is 11.6. The number of methoxy groups -OCH3 is 1. The minimum atomic E-state index is -5.14. The first-order chi connectivity index (χ1) is 18.0. The third kappa shape index (κ3) is 9.87. The highest BCUT2D eigenvalue weighted by molar-refractivity contribution is 7.81. The Morgan fingerprint density at radius 2 is 2.10 bits per heavy atom. The van der Waals surface area contributed by atoms with Gasteiger partial charge in [-0.2, -0.15) is 23.3 Å². The van der Waals surface area contributed by atoms with E-state index in [4.69, 9.17) is 27.3 Å². The highest BCUT2D eigenvalue weighted by Gasteiger charge is 2.19. The summed E-state index contributed by atoms with van der Waals surface area (Å²) in [5, 5.41) is 6.34. The van der Waals surface area contributed by atoms with Gasteiger partial charge in [0.15, 0.2) is 5.82 Å². The summed E-state index contributed by atoms with van der Waals surface area (Å²) in [6.07, 6.45) is 10.4. The van der Waals surface area contributed by atoms with Crippen LogP contribution in [0.1, 0.15) is 11.1 Å². The van der Waals surface area contributed by atoms with E-state index in [0.717, 1.165) is 19.5 Å². The Hall–Kier alpha value is -2.51. The summed E-state index contributed by atoms with van der Waals surface area (Å²) in [4.78, 5) is 11.0. The predicted octanol–water partition coefficient (Wildman–Crippen LogP) is 4.65. The minimum Gasteiger partial charge on any atom is -0.495 e. The second-order valence-electron chi connectivity index (χ2n) is 8.32. The fourth-order valence-electron chi connectivity index (χ4n) is 3.59. The largest absolute Gasteiger partial charge is 0.495 e. The van der Waals surface area contributed by atoms with Gasteiger partial charge in [0.1, 0.15) is 16.5 Å². The number of allylic oxidation sites excluding steroid dienone is 1. The summed E-state index contributed by atoms with van der Waals surface area (Å²) in [6, 6.07) is 4.02. The first kappa shape index (κ1) is 32.7. The number of rotatable bonds is 11. The smallest absolute Gasteiger partial charge is 0.437 e. The molecule has 0 saturated carbocycles. The van der Waals surface area contributed by atoms with Crippen molar-refractivity contribution in [2.45, 2.75) is 13.0 Å². The van der Waals surface area contributed by atoms with E-state index in [-0.39, 0.29) is 38.1 Å². The lowest BCUT2D eigenvalue weighted by Crippen LogP contribution is -2.26. The van der Waals surface area contributed by atoms with E-state index >= 15 is 0 Å². The van der Waals surface area contributed by atoms with Crippen LogP contribution in [0.3, 0.4) is 0 Å². The van der Waals surface area contributed by atoms with Crippen LogP contribution in [0.5, 0.6) is 5.75 Å². The van der Waals surface area contributed by atoms with Gasteiger partial charge in [0.25, 0.3) is 0 Å². The first-order valence-electron chi connectivity index (χ1n) is 11.2. The van der Waals surface area contributed by atoms with Crippen molar-refractivity contribution in [3.05, 3.63) is 58.1 Å². The molecule has 0 bridgehead atoms. The first-order valence-corrected chi connectivity index (χ1v) is 15.1. The molecular formula is C24H31ClFN5O5P2S. The van der Waals surface area contributed by atoms with Crippen LogP contribution in [-0.2, 0) is 32.2 Å². The monoisotopic (exact) mass is 617 g/mol. The summed E-state index contributed by atoms with van der Waals surface area (Å²) < 4.78 is 49.8. The Balaban J connectivity index is 0.00000533. The Morgan fingerprint density at radius 1 is 1.36 bits per heavy atom. The summed E-state index contributed by atoms with van der Waals surface area (Å²) in [7, 11) is -2.45. The predicted molar refractivity (Wildman–Crippen MR) is 159 cm³/mol. The van der Waals surface area contributed by atoms with Crippen LogP contribution in [0.2, 0.25) is 5.02 Å². The van der Waals surface area contributed by atoms with Crippen molar-refractivity contribution in [3.8, 4) is 18.1 Å². The van der Waals surface area contributed by atoms with Gasteiger partial charge in [-0.1, -0.05) is 21.4 Å². The molecule has 0 amide bonds. The number of benzene rings is 1. The molecule has 15 heteroatoms. The molecule has 1 atom stereocenters. The number of anilines is 3. The maximum atomic E-state index is 12.8. The Labute approximate surface area is 238 Å². The number of hydrogen-bond donors (Lipinski definition) is 2. The van der Waals surface area contributed by atoms with E-state index in [1.54, 1.807) is 7.11 Å². The average Bonchev–Trinajstić information content (AvgIpc) is 2.83. The van der Waals surface area contributed by atoms with Gasteiger partial charge in [0.2, 0.25) is 5.95 Å². The molecule has 0 saturated heterocycles. The molecule has 2 heterocycles. The van der Waals surface area contributed by atoms with E-state index in [9.17, 15) is 12.3 Å². The van der Waals surface area contributed by atoms with Gasteiger partial charge in [0.05, 0.1) is 39.4 Å². The number of likely N-dealkylation sites (N-methyl/N-ethyl adjacent to an activating group) is 1. The number of terminal acetylenes is 1. The van der Waals surface area contributed by atoms with Gasteiger partial charge >= 0.3 is 10.5 Å². The fraction of sp³-hybridized carbons (Fsp3) is 0.333. The zero-order valence-corrected chi connectivity index (χ0v) is 25.9. The molecular weight excluding hydrogens is 587 g/mol. The molecule has 0 spiro atoms. The van der Waals surface area contributed by atoms with Gasteiger partial charge in [-0.25, -0.2) is 9.17 Å². The van der Waals surface area contributed by atoms with E-state index in [1.807, 2.05) is 25.5 Å². The zero-order valence-electron chi connectivity index (χ0n) is 22.0. The van der Waals surface area contributed by atoms with Crippen LogP contribution < -0.4 is 15.4 Å². The number of nitrogens with one attached hydrogen (secondary N) is 2. The van der Waals surface area contributed by atoms with Gasteiger partial charge < -0.3 is 24.8 Å². The number of hydrogen-bond acceptors (Lipinski definition) is 10. The molecule has 212 valence electrons. The fourth-order valence-corrected chi connectivity index (χ4v) is 4.53. The molecule has 10 nitrogen and oxygen atoms in total. The number of ether oxygens (including phenoxy) is 1. The maximum Gasteiger partial charge on any atom is 0.437 e. The lowest BCUT2D eigenvalue weighted by Gasteiger charge is -2.26. The van der Waals surface area contributed by atoms with Crippen LogP contribution in [0.15, 0.2) is 41.9 Å². The lowest BCUT2D eigenvalue weighted by molar-refractivity contribution is 0.312. The van der Waals surface area contributed by atoms with Crippen LogP contribution in [0.25, 0.3) is 0 Å². The average molecular weight is 618 g/mol. The van der Waals surface area contributed by atoms with Crippen molar-refractivity contribution in [1.29, 1.82) is 0 Å². The van der Waals surface area contributed by atoms with Crippen molar-refractivity contribution < 1.29 is 25.7 Å². The summed E-state index contributed by atoms with van der Waals surface area (Å²) in [5.74, 6) is 3.57. The normalized spacial score (nSPS) is 14.2. The molecule has 1 unspecified atom stereocenters. The van der Waals surface area contributed by atoms with Crippen LogP contribution in [0.4, 0.5) is 21.3 Å². The summed E-state index contributed by atoms with van der Waals surface area (Å²) in [6.45, 7) is 4.79. The SMILES string of the molecule is C#C/C=C(Nc1nc(Nc2cc3c(cc2OC)CCN(C)C3)ncc1Cl)\C(=C/COS(=O)(=O)F)OP(C)C.P. The van der Waals surface area contributed by atoms with E-state index in [0.29, 0.717) is 11.4 Å². The highest BCUT2D eigenvalue weighted by Crippen LogP contribution is 2.35. The molecule has 1 aliphatic heterocycles. The van der Waals surface area contributed by atoms with E-state index in [1.165, 1.54) is 29.5 Å². The Kier molecular flexibility index (Phi) is 12.4. The molecule has 1 aromatic heterocycles. The number of fused-ring (bicyclic) bond motifs is 1. The molecule has 39 heavy (non-hydrogen) atoms. The number of aromatic nitrogens is 2. The second kappa shape index (κ2) is 14.8. The molecule has 0 radical (unpaired) electrons. The summed E-state index contributed by atoms with van der Waals surface area (Å²) in [5.41, 5.74) is 3.31. The quantitative estimate of drug-likeness (QED) is 0.121. The van der Waals surface area contributed by atoms with Gasteiger partial charge in [0, 0.05) is 19.2 Å². The van der Waals surface area contributed by atoms with E-state index < -0.39 is 25.3 Å². The van der Waals surface area contributed by atoms with Crippen molar-refractivity contribution in [2.75, 3.05) is 51.3 Å². The van der Waals surface area contributed by atoms with Gasteiger partial charge in [-0.05, 0) is 56.1 Å². The standard InChI is InChI=1S/C24H28ClFN5O5PS.H3P/c1-6-7-19(21(36-37(4)5)9-11-35-38(26,32)33)28-23-18(25)14-27-24(30-23)29-20-12-17-15-31(2)10-8-16(17)13-22(20)34-3;/h1,7,9,12-14H,8,10-11,15H2,2-5H3,(H2,27,28,29,30);1H3/b19-7+,21-9+;. The molecule has 2 aromatic rings. The topological polar surface area (TPSA) is 115 Å². The minimum absolute atomic E-state index is 0.